The lowest BCUT2D eigenvalue weighted by atomic mass is 10.1. The molecule has 2 aromatic heterocycles. The first-order valence-corrected chi connectivity index (χ1v) is 11.5. The van der Waals surface area contributed by atoms with Gasteiger partial charge in [-0.3, -0.25) is 4.79 Å². The van der Waals surface area contributed by atoms with E-state index in [4.69, 9.17) is 16.3 Å². The van der Waals surface area contributed by atoms with Crippen LogP contribution < -0.4 is 22.5 Å². The van der Waals surface area contributed by atoms with Crippen LogP contribution in [0.25, 0.3) is 5.57 Å². The molecule has 0 aliphatic heterocycles. The minimum atomic E-state index is -0.866. The van der Waals surface area contributed by atoms with E-state index in [1.54, 1.807) is 24.5 Å². The number of thiazole rings is 1. The van der Waals surface area contributed by atoms with Gasteiger partial charge in [0.25, 0.3) is 0 Å². The van der Waals surface area contributed by atoms with Crippen LogP contribution in [0.1, 0.15) is 27.9 Å². The van der Waals surface area contributed by atoms with Gasteiger partial charge in [0, 0.05) is 35.8 Å². The topological polar surface area (TPSA) is 133 Å². The Morgan fingerprint density at radius 1 is 1.14 bits per heavy atom. The molecule has 3 rings (SSSR count). The van der Waals surface area contributed by atoms with E-state index in [1.165, 1.54) is 17.4 Å². The highest BCUT2D eigenvalue weighted by molar-refractivity contribution is 7.12. The molecule has 10 heteroatoms. The molecular weight excluding hydrogens is 482 g/mol. The van der Waals surface area contributed by atoms with E-state index < -0.39 is 11.6 Å². The van der Waals surface area contributed by atoms with Crippen molar-refractivity contribution in [2.75, 3.05) is 5.32 Å². The minimum absolute atomic E-state index is 0.250. The molecule has 1 amide bonds. The number of allylic oxidation sites excluding steroid dienone is 3. The SMILES string of the molecule is C=C(N)C(=C/C(=C\C)c1cnc(CNc2ncccc2Cc2ccc(F)c(F)c2)s1)C(=C)N.NC=O. The summed E-state index contributed by atoms with van der Waals surface area (Å²) in [5.41, 5.74) is 19.5. The van der Waals surface area contributed by atoms with Gasteiger partial charge in [0.1, 0.15) is 10.8 Å². The summed E-state index contributed by atoms with van der Waals surface area (Å²) in [6, 6.07) is 7.60. The fraction of sp³-hybridized carbons (Fsp3) is 0.115. The number of carbonyl (C=O) groups excluding carboxylic acids is 1. The van der Waals surface area contributed by atoms with Gasteiger partial charge in [-0.1, -0.05) is 31.4 Å². The number of rotatable bonds is 9. The third-order valence-corrected chi connectivity index (χ3v) is 5.86. The van der Waals surface area contributed by atoms with E-state index in [-0.39, 0.29) is 6.41 Å². The van der Waals surface area contributed by atoms with Crippen LogP contribution in [0.15, 0.2) is 85.0 Å². The Hall–Kier alpha value is -4.31. The Morgan fingerprint density at radius 3 is 2.44 bits per heavy atom. The molecule has 7 N–H and O–H groups in total. The molecule has 0 atom stereocenters. The first kappa shape index (κ1) is 27.9. The molecule has 0 bridgehead atoms. The number of nitrogens with zero attached hydrogens (tertiary/aromatic N) is 2. The van der Waals surface area contributed by atoms with Crippen LogP contribution in [0, 0.1) is 11.6 Å². The van der Waals surface area contributed by atoms with E-state index in [2.05, 4.69) is 34.2 Å². The number of aromatic nitrogens is 2. The summed E-state index contributed by atoms with van der Waals surface area (Å²) in [6.45, 7) is 9.86. The summed E-state index contributed by atoms with van der Waals surface area (Å²) in [4.78, 5) is 18.4. The highest BCUT2D eigenvalue weighted by Crippen LogP contribution is 2.27. The lowest BCUT2D eigenvalue weighted by Crippen LogP contribution is -2.07. The zero-order valence-electron chi connectivity index (χ0n) is 19.8. The van der Waals surface area contributed by atoms with Gasteiger partial charge in [0.15, 0.2) is 11.6 Å². The molecule has 36 heavy (non-hydrogen) atoms. The Bertz CT molecular complexity index is 1280. The highest BCUT2D eigenvalue weighted by Gasteiger charge is 2.11. The van der Waals surface area contributed by atoms with E-state index in [0.29, 0.717) is 41.3 Å². The number of halogens is 2. The number of benzene rings is 1. The molecule has 0 aliphatic carbocycles. The van der Waals surface area contributed by atoms with Crippen molar-refractivity contribution < 1.29 is 13.6 Å². The quantitative estimate of drug-likeness (QED) is 0.249. The molecule has 0 radical (unpaired) electrons. The first-order valence-electron chi connectivity index (χ1n) is 10.7. The van der Waals surface area contributed by atoms with E-state index >= 15 is 0 Å². The molecule has 0 aliphatic rings. The smallest absolute Gasteiger partial charge is 0.204 e. The molecule has 1 aromatic carbocycles. The molecule has 0 saturated carbocycles. The molecule has 3 aromatic rings. The maximum absolute atomic E-state index is 13.6. The van der Waals surface area contributed by atoms with Crippen LogP contribution in [-0.2, 0) is 17.8 Å². The number of nitrogens with one attached hydrogen (secondary N) is 1. The van der Waals surface area contributed by atoms with Gasteiger partial charge in [-0.05, 0) is 47.9 Å². The van der Waals surface area contributed by atoms with Crippen LogP contribution in [0.3, 0.4) is 0 Å². The van der Waals surface area contributed by atoms with E-state index in [0.717, 1.165) is 27.1 Å². The number of anilines is 1. The minimum Gasteiger partial charge on any atom is -0.399 e. The zero-order valence-corrected chi connectivity index (χ0v) is 20.6. The van der Waals surface area contributed by atoms with Crippen molar-refractivity contribution in [3.63, 3.8) is 0 Å². The Kier molecular flexibility index (Phi) is 10.5. The average molecular weight is 511 g/mol. The number of pyridine rings is 1. The van der Waals surface area contributed by atoms with E-state index in [9.17, 15) is 8.78 Å². The summed E-state index contributed by atoms with van der Waals surface area (Å²) in [7, 11) is 0. The number of hydrogen-bond donors (Lipinski definition) is 4. The summed E-state index contributed by atoms with van der Waals surface area (Å²) >= 11 is 1.52. The van der Waals surface area contributed by atoms with Gasteiger partial charge in [0.2, 0.25) is 6.41 Å². The second-order valence-electron chi connectivity index (χ2n) is 7.40. The van der Waals surface area contributed by atoms with Crippen molar-refractivity contribution in [2.24, 2.45) is 17.2 Å². The van der Waals surface area contributed by atoms with Crippen molar-refractivity contribution >= 4 is 29.1 Å². The van der Waals surface area contributed by atoms with Crippen LogP contribution in [-0.4, -0.2) is 16.4 Å². The van der Waals surface area contributed by atoms with Crippen LogP contribution in [0.2, 0.25) is 0 Å². The summed E-state index contributed by atoms with van der Waals surface area (Å²) in [5.74, 6) is -1.07. The average Bonchev–Trinajstić information content (AvgIpc) is 3.30. The molecule has 188 valence electrons. The van der Waals surface area contributed by atoms with Crippen molar-refractivity contribution in [3.05, 3.63) is 118 Å². The maximum atomic E-state index is 13.6. The third kappa shape index (κ3) is 7.88. The number of nitrogens with two attached hydrogens (primary N) is 3. The van der Waals surface area contributed by atoms with Crippen LogP contribution in [0.4, 0.5) is 14.6 Å². The Labute approximate surface area is 212 Å². The number of hydrogen-bond acceptors (Lipinski definition) is 7. The number of amides is 1. The summed E-state index contributed by atoms with van der Waals surface area (Å²) in [5, 5.41) is 4.14. The summed E-state index contributed by atoms with van der Waals surface area (Å²) in [6.07, 6.45) is 7.90. The summed E-state index contributed by atoms with van der Waals surface area (Å²) < 4.78 is 26.8. The first-order chi connectivity index (χ1) is 17.2. The van der Waals surface area contributed by atoms with Crippen molar-refractivity contribution in [1.29, 1.82) is 0 Å². The van der Waals surface area contributed by atoms with Gasteiger partial charge >= 0.3 is 0 Å². The van der Waals surface area contributed by atoms with Gasteiger partial charge in [-0.25, -0.2) is 18.7 Å². The Balaban J connectivity index is 0.00000145. The molecule has 0 unspecified atom stereocenters. The predicted octanol–water partition coefficient (Wildman–Crippen LogP) is 4.40. The third-order valence-electron chi connectivity index (χ3n) is 4.82. The molecule has 0 spiro atoms. The lowest BCUT2D eigenvalue weighted by Gasteiger charge is -2.10. The fourth-order valence-electron chi connectivity index (χ4n) is 3.14. The van der Waals surface area contributed by atoms with Gasteiger partial charge in [-0.2, -0.15) is 0 Å². The second kappa shape index (κ2) is 13.5. The zero-order chi connectivity index (χ0) is 26.7. The van der Waals surface area contributed by atoms with Crippen molar-refractivity contribution in [2.45, 2.75) is 19.9 Å². The van der Waals surface area contributed by atoms with Crippen molar-refractivity contribution in [1.82, 2.24) is 9.97 Å². The maximum Gasteiger partial charge on any atom is 0.204 e. The molecule has 2 heterocycles. The van der Waals surface area contributed by atoms with Crippen molar-refractivity contribution in [3.8, 4) is 0 Å². The molecule has 0 fully saturated rings. The van der Waals surface area contributed by atoms with E-state index in [1.807, 2.05) is 25.1 Å². The molecule has 0 saturated heterocycles. The highest BCUT2D eigenvalue weighted by atomic mass is 32.1. The fourth-order valence-corrected chi connectivity index (χ4v) is 4.04. The lowest BCUT2D eigenvalue weighted by molar-refractivity contribution is -0.106. The Morgan fingerprint density at radius 2 is 1.83 bits per heavy atom. The number of carbonyl (C=O) groups is 1. The van der Waals surface area contributed by atoms with Gasteiger partial charge < -0.3 is 22.5 Å². The van der Waals surface area contributed by atoms with Crippen LogP contribution >= 0.6 is 11.3 Å². The largest absolute Gasteiger partial charge is 0.399 e. The number of primary amides is 1. The standard InChI is InChI=1S/C25H25F2N5S.CH3NO/c1-4-18(12-20(15(2)28)16(3)29)23-13-31-24(33-23)14-32-25-19(6-5-9-30-25)10-17-7-8-21(26)22(27)11-17;2-1-3/h4-9,11-13H,2-3,10,14,28-29H2,1H3,(H,30,32);1H,(H2,2,3)/b18-4+;. The monoisotopic (exact) mass is 510 g/mol. The predicted molar refractivity (Wildman–Crippen MR) is 141 cm³/mol. The molecular formula is C26H28F2N6OS. The second-order valence-corrected chi connectivity index (χ2v) is 8.51. The van der Waals surface area contributed by atoms with Crippen LogP contribution in [0.5, 0.6) is 0 Å². The van der Waals surface area contributed by atoms with Gasteiger partial charge in [0.05, 0.1) is 11.4 Å². The molecule has 7 nitrogen and oxygen atoms in total. The van der Waals surface area contributed by atoms with Gasteiger partial charge in [-0.15, -0.1) is 11.3 Å². The normalized spacial score (nSPS) is 10.6.